The first-order chi connectivity index (χ1) is 10.2. The van der Waals surface area contributed by atoms with Gasteiger partial charge < -0.3 is 14.8 Å². The Kier molecular flexibility index (Phi) is 4.50. The molecule has 3 unspecified atom stereocenters. The van der Waals surface area contributed by atoms with Crippen molar-refractivity contribution in [1.29, 1.82) is 0 Å². The maximum absolute atomic E-state index is 14.3. The van der Waals surface area contributed by atoms with E-state index in [1.165, 1.54) is 0 Å². The van der Waals surface area contributed by atoms with Gasteiger partial charge in [0.25, 0.3) is 0 Å². The standard InChI is InChI=1S/C16H21ClFNO2/c1-19-15(12-3-2-4-13(17)14(12)18)11-5-7-21-16(9-11)6-8-20-10-16/h2-4,11,15,19H,5-10H2,1H3. The zero-order valence-corrected chi connectivity index (χ0v) is 13.0. The Balaban J connectivity index is 1.84. The molecule has 2 heterocycles. The van der Waals surface area contributed by atoms with Gasteiger partial charge in [0.1, 0.15) is 5.82 Å². The quantitative estimate of drug-likeness (QED) is 0.928. The Labute approximate surface area is 129 Å². The van der Waals surface area contributed by atoms with Crippen LogP contribution in [0.15, 0.2) is 18.2 Å². The van der Waals surface area contributed by atoms with Crippen molar-refractivity contribution < 1.29 is 13.9 Å². The molecule has 2 aliphatic heterocycles. The average molecular weight is 314 g/mol. The van der Waals surface area contributed by atoms with Crippen LogP contribution in [0, 0.1) is 11.7 Å². The van der Waals surface area contributed by atoms with E-state index in [1.807, 2.05) is 13.1 Å². The first kappa shape index (κ1) is 15.2. The smallest absolute Gasteiger partial charge is 0.146 e. The van der Waals surface area contributed by atoms with E-state index in [1.54, 1.807) is 12.1 Å². The van der Waals surface area contributed by atoms with E-state index in [2.05, 4.69) is 5.32 Å². The number of hydrogen-bond donors (Lipinski definition) is 1. The summed E-state index contributed by atoms with van der Waals surface area (Å²) in [6, 6.07) is 5.16. The van der Waals surface area contributed by atoms with Crippen LogP contribution in [-0.2, 0) is 9.47 Å². The van der Waals surface area contributed by atoms with Crippen LogP contribution in [-0.4, -0.2) is 32.5 Å². The summed E-state index contributed by atoms with van der Waals surface area (Å²) in [7, 11) is 1.87. The molecule has 5 heteroatoms. The Hall–Kier alpha value is -0.680. The molecule has 1 N–H and O–H groups in total. The molecule has 2 aliphatic rings. The molecule has 1 aromatic rings. The lowest BCUT2D eigenvalue weighted by Crippen LogP contribution is -2.43. The minimum atomic E-state index is -0.318. The number of rotatable bonds is 3. The molecule has 0 bridgehead atoms. The SMILES string of the molecule is CNC(c1cccc(Cl)c1F)C1CCOC2(CCOC2)C1. The fourth-order valence-electron chi connectivity index (χ4n) is 3.62. The van der Waals surface area contributed by atoms with Gasteiger partial charge in [-0.15, -0.1) is 0 Å². The van der Waals surface area contributed by atoms with Gasteiger partial charge in [-0.1, -0.05) is 23.7 Å². The van der Waals surface area contributed by atoms with Crippen molar-refractivity contribution >= 4 is 11.6 Å². The van der Waals surface area contributed by atoms with Gasteiger partial charge in [-0.25, -0.2) is 4.39 Å². The van der Waals surface area contributed by atoms with Crippen LogP contribution in [0.3, 0.4) is 0 Å². The van der Waals surface area contributed by atoms with Crippen LogP contribution in [0.1, 0.15) is 30.9 Å². The van der Waals surface area contributed by atoms with Crippen LogP contribution >= 0.6 is 11.6 Å². The van der Waals surface area contributed by atoms with Crippen LogP contribution in [0.5, 0.6) is 0 Å². The van der Waals surface area contributed by atoms with Crippen LogP contribution in [0.2, 0.25) is 5.02 Å². The minimum Gasteiger partial charge on any atom is -0.378 e. The maximum Gasteiger partial charge on any atom is 0.146 e. The van der Waals surface area contributed by atoms with Crippen molar-refractivity contribution in [3.63, 3.8) is 0 Å². The Morgan fingerprint density at radius 1 is 1.43 bits per heavy atom. The number of hydrogen-bond acceptors (Lipinski definition) is 3. The van der Waals surface area contributed by atoms with E-state index in [0.29, 0.717) is 24.7 Å². The second-order valence-electron chi connectivity index (χ2n) is 6.00. The van der Waals surface area contributed by atoms with E-state index in [9.17, 15) is 4.39 Å². The van der Waals surface area contributed by atoms with Crippen molar-refractivity contribution in [3.05, 3.63) is 34.6 Å². The summed E-state index contributed by atoms with van der Waals surface area (Å²) < 4.78 is 25.8. The highest BCUT2D eigenvalue weighted by molar-refractivity contribution is 6.30. The third-order valence-corrected chi connectivity index (χ3v) is 4.99. The van der Waals surface area contributed by atoms with Gasteiger partial charge >= 0.3 is 0 Å². The summed E-state index contributed by atoms with van der Waals surface area (Å²) in [5, 5.41) is 3.45. The lowest BCUT2D eigenvalue weighted by molar-refractivity contribution is -0.103. The van der Waals surface area contributed by atoms with Gasteiger partial charge in [0.2, 0.25) is 0 Å². The van der Waals surface area contributed by atoms with E-state index in [0.717, 1.165) is 25.9 Å². The molecule has 0 aromatic heterocycles. The van der Waals surface area contributed by atoms with Gasteiger partial charge in [-0.2, -0.15) is 0 Å². The molecule has 1 spiro atoms. The second-order valence-corrected chi connectivity index (χ2v) is 6.40. The van der Waals surface area contributed by atoms with E-state index in [4.69, 9.17) is 21.1 Å². The summed E-state index contributed by atoms with van der Waals surface area (Å²) in [6.07, 6.45) is 2.74. The minimum absolute atomic E-state index is 0.0509. The fourth-order valence-corrected chi connectivity index (χ4v) is 3.80. The van der Waals surface area contributed by atoms with Crippen LogP contribution in [0.4, 0.5) is 4.39 Å². The molecule has 0 amide bonds. The van der Waals surface area contributed by atoms with Gasteiger partial charge in [-0.3, -0.25) is 0 Å². The third-order valence-electron chi connectivity index (χ3n) is 4.70. The Morgan fingerprint density at radius 2 is 2.29 bits per heavy atom. The number of halogens is 2. The molecule has 2 saturated heterocycles. The first-order valence-electron chi connectivity index (χ1n) is 7.48. The lowest BCUT2D eigenvalue weighted by Gasteiger charge is -2.40. The van der Waals surface area contributed by atoms with Crippen molar-refractivity contribution in [3.8, 4) is 0 Å². The molecule has 21 heavy (non-hydrogen) atoms. The molecule has 2 fully saturated rings. The summed E-state index contributed by atoms with van der Waals surface area (Å²) in [5.41, 5.74) is 0.471. The molecule has 3 atom stereocenters. The predicted octanol–water partition coefficient (Wildman–Crippen LogP) is 3.33. The first-order valence-corrected chi connectivity index (χ1v) is 7.86. The van der Waals surface area contributed by atoms with Crippen molar-refractivity contribution in [2.24, 2.45) is 5.92 Å². The van der Waals surface area contributed by atoms with Crippen molar-refractivity contribution in [1.82, 2.24) is 5.32 Å². The Morgan fingerprint density at radius 3 is 3.00 bits per heavy atom. The number of nitrogens with one attached hydrogen (secondary N) is 1. The number of benzene rings is 1. The zero-order chi connectivity index (χ0) is 14.9. The molecule has 3 nitrogen and oxygen atoms in total. The molecule has 0 saturated carbocycles. The van der Waals surface area contributed by atoms with Gasteiger partial charge in [0.05, 0.1) is 17.2 Å². The highest BCUT2D eigenvalue weighted by atomic mass is 35.5. The molecule has 0 aliphatic carbocycles. The largest absolute Gasteiger partial charge is 0.378 e. The van der Waals surface area contributed by atoms with Crippen LogP contribution < -0.4 is 5.32 Å². The van der Waals surface area contributed by atoms with E-state index in [-0.39, 0.29) is 22.5 Å². The van der Waals surface area contributed by atoms with Crippen LogP contribution in [0.25, 0.3) is 0 Å². The topological polar surface area (TPSA) is 30.5 Å². The van der Waals surface area contributed by atoms with Crippen molar-refractivity contribution in [2.45, 2.75) is 30.9 Å². The number of ether oxygens (including phenoxy) is 2. The second kappa shape index (κ2) is 6.21. The Bertz CT molecular complexity index is 505. The summed E-state index contributed by atoms with van der Waals surface area (Å²) in [4.78, 5) is 0. The average Bonchev–Trinajstić information content (AvgIpc) is 2.92. The molecular formula is C16H21ClFNO2. The molecule has 0 radical (unpaired) electrons. The monoisotopic (exact) mass is 313 g/mol. The van der Waals surface area contributed by atoms with Gasteiger partial charge in [-0.05, 0) is 31.9 Å². The third kappa shape index (κ3) is 2.95. The van der Waals surface area contributed by atoms with Gasteiger partial charge in [0.15, 0.2) is 0 Å². The fraction of sp³-hybridized carbons (Fsp3) is 0.625. The normalized spacial score (nSPS) is 30.7. The van der Waals surface area contributed by atoms with Gasteiger partial charge in [0, 0.05) is 31.2 Å². The predicted molar refractivity (Wildman–Crippen MR) is 80.1 cm³/mol. The molecule has 1 aromatic carbocycles. The van der Waals surface area contributed by atoms with E-state index >= 15 is 0 Å². The zero-order valence-electron chi connectivity index (χ0n) is 12.2. The lowest BCUT2D eigenvalue weighted by atomic mass is 9.79. The summed E-state index contributed by atoms with van der Waals surface area (Å²) >= 11 is 5.93. The summed E-state index contributed by atoms with van der Waals surface area (Å²) in [5.74, 6) is 0.000136. The highest BCUT2D eigenvalue weighted by Crippen LogP contribution is 2.41. The highest BCUT2D eigenvalue weighted by Gasteiger charge is 2.43. The summed E-state index contributed by atoms with van der Waals surface area (Å²) in [6.45, 7) is 2.11. The molecular weight excluding hydrogens is 293 g/mol. The van der Waals surface area contributed by atoms with Crippen molar-refractivity contribution in [2.75, 3.05) is 26.9 Å². The molecule has 116 valence electrons. The maximum atomic E-state index is 14.3. The van der Waals surface area contributed by atoms with E-state index < -0.39 is 0 Å². The molecule has 3 rings (SSSR count).